The topological polar surface area (TPSA) is 59.8 Å². The zero-order chi connectivity index (χ0) is 20.3. The summed E-state index contributed by atoms with van der Waals surface area (Å²) in [6, 6.07) is 8.41. The molecule has 5 nitrogen and oxygen atoms in total. The Kier molecular flexibility index (Phi) is 6.51. The number of thiophene rings is 1. The quantitative estimate of drug-likeness (QED) is 0.509. The lowest BCUT2D eigenvalue weighted by molar-refractivity contribution is -0.113. The molecule has 2 aromatic heterocycles. The highest BCUT2D eigenvalue weighted by molar-refractivity contribution is 7.99. The Hall–Kier alpha value is -2.19. The SMILES string of the molecule is CC(C)c1cc(-c2nnc(SCC(=O)Nc3ccccc3F)n2C(C)C)cs1. The average molecular weight is 419 g/mol. The molecule has 0 aliphatic heterocycles. The van der Waals surface area contributed by atoms with Crippen LogP contribution in [-0.2, 0) is 4.79 Å². The molecule has 0 radical (unpaired) electrons. The predicted molar refractivity (Wildman–Crippen MR) is 114 cm³/mol. The number of carbonyl (C=O) groups is 1. The van der Waals surface area contributed by atoms with E-state index in [1.807, 2.05) is 4.57 Å². The van der Waals surface area contributed by atoms with Crippen molar-refractivity contribution in [3.63, 3.8) is 0 Å². The Labute approximate surface area is 172 Å². The van der Waals surface area contributed by atoms with Crippen molar-refractivity contribution in [2.24, 2.45) is 0 Å². The van der Waals surface area contributed by atoms with E-state index in [2.05, 4.69) is 54.7 Å². The molecule has 0 bridgehead atoms. The van der Waals surface area contributed by atoms with Gasteiger partial charge in [0.15, 0.2) is 11.0 Å². The molecule has 0 fully saturated rings. The summed E-state index contributed by atoms with van der Waals surface area (Å²) in [4.78, 5) is 13.5. The van der Waals surface area contributed by atoms with Gasteiger partial charge in [-0.15, -0.1) is 21.5 Å². The summed E-state index contributed by atoms with van der Waals surface area (Å²) in [5.74, 6) is 0.653. The maximum atomic E-state index is 13.7. The van der Waals surface area contributed by atoms with Gasteiger partial charge in [0, 0.05) is 21.9 Å². The van der Waals surface area contributed by atoms with Crippen molar-refractivity contribution in [3.05, 3.63) is 46.4 Å². The molecule has 0 atom stereocenters. The molecule has 0 aliphatic carbocycles. The Morgan fingerprint density at radius 2 is 2.00 bits per heavy atom. The number of amides is 1. The number of aromatic nitrogens is 3. The van der Waals surface area contributed by atoms with Crippen LogP contribution in [0.4, 0.5) is 10.1 Å². The van der Waals surface area contributed by atoms with Gasteiger partial charge in [0.2, 0.25) is 5.91 Å². The maximum Gasteiger partial charge on any atom is 0.234 e. The van der Waals surface area contributed by atoms with E-state index in [0.717, 1.165) is 11.4 Å². The number of halogens is 1. The highest BCUT2D eigenvalue weighted by Crippen LogP contribution is 2.32. The third kappa shape index (κ3) is 4.62. The first-order valence-corrected chi connectivity index (χ1v) is 10.9. The van der Waals surface area contributed by atoms with Gasteiger partial charge < -0.3 is 5.32 Å². The van der Waals surface area contributed by atoms with Crippen molar-refractivity contribution in [1.29, 1.82) is 0 Å². The van der Waals surface area contributed by atoms with Crippen LogP contribution in [0.5, 0.6) is 0 Å². The molecule has 28 heavy (non-hydrogen) atoms. The molecule has 148 valence electrons. The summed E-state index contributed by atoms with van der Waals surface area (Å²) >= 11 is 3.01. The molecule has 0 unspecified atom stereocenters. The van der Waals surface area contributed by atoms with Gasteiger partial charge in [0.1, 0.15) is 5.82 Å². The van der Waals surface area contributed by atoms with Crippen molar-refractivity contribution in [2.75, 3.05) is 11.1 Å². The number of anilines is 1. The Morgan fingerprint density at radius 1 is 1.25 bits per heavy atom. The van der Waals surface area contributed by atoms with Crippen LogP contribution < -0.4 is 5.32 Å². The number of benzene rings is 1. The summed E-state index contributed by atoms with van der Waals surface area (Å²) in [5, 5.41) is 14.0. The lowest BCUT2D eigenvalue weighted by Gasteiger charge is -2.13. The smallest absolute Gasteiger partial charge is 0.234 e. The van der Waals surface area contributed by atoms with Gasteiger partial charge >= 0.3 is 0 Å². The second-order valence-corrected chi connectivity index (χ2v) is 8.86. The number of thioether (sulfide) groups is 1. The van der Waals surface area contributed by atoms with Crippen molar-refractivity contribution < 1.29 is 9.18 Å². The molecule has 3 rings (SSSR count). The molecule has 1 amide bonds. The minimum atomic E-state index is -0.452. The minimum Gasteiger partial charge on any atom is -0.323 e. The molecule has 1 N–H and O–H groups in total. The molecule has 0 saturated carbocycles. The lowest BCUT2D eigenvalue weighted by Crippen LogP contribution is -2.15. The highest BCUT2D eigenvalue weighted by atomic mass is 32.2. The van der Waals surface area contributed by atoms with Gasteiger partial charge in [-0.2, -0.15) is 0 Å². The molecule has 0 saturated heterocycles. The van der Waals surface area contributed by atoms with Crippen molar-refractivity contribution in [3.8, 4) is 11.4 Å². The summed E-state index contributed by atoms with van der Waals surface area (Å²) in [6.45, 7) is 8.45. The van der Waals surface area contributed by atoms with E-state index < -0.39 is 5.82 Å². The van der Waals surface area contributed by atoms with Gasteiger partial charge in [-0.1, -0.05) is 37.7 Å². The largest absolute Gasteiger partial charge is 0.323 e. The van der Waals surface area contributed by atoms with Gasteiger partial charge in [0.25, 0.3) is 0 Å². The molecular formula is C20H23FN4OS2. The third-order valence-electron chi connectivity index (χ3n) is 4.11. The Morgan fingerprint density at radius 3 is 2.64 bits per heavy atom. The van der Waals surface area contributed by atoms with Crippen LogP contribution in [0.15, 0.2) is 40.9 Å². The van der Waals surface area contributed by atoms with Crippen molar-refractivity contribution >= 4 is 34.7 Å². The first kappa shape index (κ1) is 20.5. The number of carbonyl (C=O) groups excluding carboxylic acids is 1. The van der Waals surface area contributed by atoms with E-state index in [-0.39, 0.29) is 23.4 Å². The summed E-state index contributed by atoms with van der Waals surface area (Å²) in [6.07, 6.45) is 0. The molecule has 2 heterocycles. The molecule has 8 heteroatoms. The van der Waals surface area contributed by atoms with E-state index in [4.69, 9.17) is 0 Å². The average Bonchev–Trinajstić information content (AvgIpc) is 3.28. The van der Waals surface area contributed by atoms with Gasteiger partial charge in [-0.3, -0.25) is 9.36 Å². The zero-order valence-corrected chi connectivity index (χ0v) is 17.9. The summed E-state index contributed by atoms with van der Waals surface area (Å²) in [5.41, 5.74) is 1.22. The molecule has 1 aromatic carbocycles. The van der Waals surface area contributed by atoms with Gasteiger partial charge in [-0.05, 0) is 38.0 Å². The van der Waals surface area contributed by atoms with Crippen LogP contribution in [0.25, 0.3) is 11.4 Å². The number of nitrogens with zero attached hydrogens (tertiary/aromatic N) is 3. The highest BCUT2D eigenvalue weighted by Gasteiger charge is 2.19. The van der Waals surface area contributed by atoms with Crippen LogP contribution in [0, 0.1) is 5.82 Å². The number of nitrogens with one attached hydrogen (secondary N) is 1. The van der Waals surface area contributed by atoms with E-state index >= 15 is 0 Å². The Balaban J connectivity index is 1.74. The number of para-hydroxylation sites is 1. The van der Waals surface area contributed by atoms with Crippen molar-refractivity contribution in [2.45, 2.75) is 44.8 Å². The maximum absolute atomic E-state index is 13.7. The van der Waals surface area contributed by atoms with E-state index in [9.17, 15) is 9.18 Å². The van der Waals surface area contributed by atoms with E-state index in [1.165, 1.54) is 28.8 Å². The Bertz CT molecular complexity index is 965. The van der Waals surface area contributed by atoms with Crippen LogP contribution in [0.2, 0.25) is 0 Å². The third-order valence-corrected chi connectivity index (χ3v) is 6.28. The number of rotatable bonds is 7. The number of hydrogen-bond donors (Lipinski definition) is 1. The van der Waals surface area contributed by atoms with E-state index in [1.54, 1.807) is 23.5 Å². The standard InChI is InChI=1S/C20H23FN4OS2/c1-12(2)17-9-14(10-27-17)19-23-24-20(25(19)13(3)4)28-11-18(26)22-16-8-6-5-7-15(16)21/h5-10,12-13H,11H2,1-4H3,(H,22,26). The second-order valence-electron chi connectivity index (χ2n) is 6.98. The predicted octanol–water partition coefficient (Wildman–Crippen LogP) is 5.58. The first-order chi connectivity index (χ1) is 13.4. The van der Waals surface area contributed by atoms with E-state index in [0.29, 0.717) is 11.1 Å². The zero-order valence-electron chi connectivity index (χ0n) is 16.3. The fourth-order valence-corrected chi connectivity index (χ4v) is 4.46. The van der Waals surface area contributed by atoms with Crippen LogP contribution in [0.1, 0.15) is 44.5 Å². The summed E-state index contributed by atoms with van der Waals surface area (Å²) < 4.78 is 15.7. The number of hydrogen-bond acceptors (Lipinski definition) is 5. The minimum absolute atomic E-state index is 0.125. The van der Waals surface area contributed by atoms with Crippen LogP contribution >= 0.6 is 23.1 Å². The molecule has 3 aromatic rings. The first-order valence-electron chi connectivity index (χ1n) is 9.07. The second kappa shape index (κ2) is 8.87. The molecular weight excluding hydrogens is 395 g/mol. The van der Waals surface area contributed by atoms with Crippen molar-refractivity contribution in [1.82, 2.24) is 14.8 Å². The lowest BCUT2D eigenvalue weighted by atomic mass is 10.1. The van der Waals surface area contributed by atoms with Gasteiger partial charge in [0.05, 0.1) is 11.4 Å². The normalized spacial score (nSPS) is 11.4. The van der Waals surface area contributed by atoms with Crippen LogP contribution in [0.3, 0.4) is 0 Å². The summed E-state index contributed by atoms with van der Waals surface area (Å²) in [7, 11) is 0. The fourth-order valence-electron chi connectivity index (χ4n) is 2.69. The fraction of sp³-hybridized carbons (Fsp3) is 0.350. The monoisotopic (exact) mass is 418 g/mol. The van der Waals surface area contributed by atoms with Gasteiger partial charge in [-0.25, -0.2) is 4.39 Å². The van der Waals surface area contributed by atoms with Crippen LogP contribution in [-0.4, -0.2) is 26.4 Å². The molecule has 0 spiro atoms. The molecule has 0 aliphatic rings.